The quantitative estimate of drug-likeness (QED) is 0.740. The number of hydrogen-bond donors (Lipinski definition) is 1. The molecule has 0 spiro atoms. The fourth-order valence-corrected chi connectivity index (χ4v) is 3.14. The highest BCUT2D eigenvalue weighted by molar-refractivity contribution is 8.13. The number of rotatable bonds is 6. The predicted molar refractivity (Wildman–Crippen MR) is 107 cm³/mol. The van der Waals surface area contributed by atoms with Crippen LogP contribution in [-0.4, -0.2) is 47.4 Å². The third-order valence-corrected chi connectivity index (χ3v) is 5.69. The van der Waals surface area contributed by atoms with Gasteiger partial charge >= 0.3 is 13.1 Å². The number of ether oxygens (including phenoxy) is 1. The molecule has 0 aliphatic carbocycles. The first-order chi connectivity index (χ1) is 12.5. The average Bonchev–Trinajstić information content (AvgIpc) is 2.78. The molecule has 0 radical (unpaired) electrons. The van der Waals surface area contributed by atoms with Crippen LogP contribution in [0.15, 0.2) is 23.7 Å². The predicted octanol–water partition coefficient (Wildman–Crippen LogP) is 3.69. The molecule has 1 saturated heterocycles. The molecule has 0 aromatic heterocycles. The molecule has 1 fully saturated rings. The first kappa shape index (κ1) is 21.5. The zero-order valence-electron chi connectivity index (χ0n) is 16.5. The lowest BCUT2D eigenvalue weighted by atomic mass is 9.78. The lowest BCUT2D eigenvalue weighted by molar-refractivity contribution is -0.109. The van der Waals surface area contributed by atoms with Gasteiger partial charge in [-0.25, -0.2) is 4.79 Å². The number of carboxylic acids is 1. The second-order valence-electron chi connectivity index (χ2n) is 7.35. The van der Waals surface area contributed by atoms with E-state index in [4.69, 9.17) is 14.0 Å². The summed E-state index contributed by atoms with van der Waals surface area (Å²) >= 11 is 1.16. The second kappa shape index (κ2) is 8.08. The lowest BCUT2D eigenvalue weighted by Crippen LogP contribution is -2.41. The van der Waals surface area contributed by atoms with E-state index in [2.05, 4.69) is 0 Å². The van der Waals surface area contributed by atoms with E-state index in [0.29, 0.717) is 11.3 Å². The molecule has 1 heterocycles. The lowest BCUT2D eigenvalue weighted by Gasteiger charge is -2.32. The van der Waals surface area contributed by atoms with Gasteiger partial charge in [-0.05, 0) is 50.9 Å². The molecule has 2 rings (SSSR count). The molecule has 1 aromatic rings. The van der Waals surface area contributed by atoms with Gasteiger partial charge in [-0.2, -0.15) is 0 Å². The topological polar surface area (TPSA) is 82.1 Å². The summed E-state index contributed by atoms with van der Waals surface area (Å²) in [5.41, 5.74) is 0.476. The van der Waals surface area contributed by atoms with Crippen molar-refractivity contribution in [3.05, 3.63) is 34.8 Å². The van der Waals surface area contributed by atoms with Crippen LogP contribution in [0.5, 0.6) is 5.75 Å². The summed E-state index contributed by atoms with van der Waals surface area (Å²) < 4.78 is 17.3. The van der Waals surface area contributed by atoms with Gasteiger partial charge in [0.15, 0.2) is 5.12 Å². The number of benzene rings is 1. The monoisotopic (exact) mass is 392 g/mol. The van der Waals surface area contributed by atoms with Gasteiger partial charge in [0, 0.05) is 12.7 Å². The van der Waals surface area contributed by atoms with Crippen molar-refractivity contribution >= 4 is 36.0 Å². The maximum atomic E-state index is 11.5. The standard InChI is InChI=1S/C19H25BO6S/c1-12(21)27-11-14(20-25-18(2,3)19(4,5)26-20)9-13-7-8-16(24-6)15(10-13)17(22)23/h7-10H,11H2,1-6H3,(H,22,23). The number of aromatic carboxylic acids is 1. The third kappa shape index (κ3) is 4.94. The molecular formula is C19H25BO6S. The van der Waals surface area contributed by atoms with Crippen molar-refractivity contribution in [3.63, 3.8) is 0 Å². The Kier molecular flexibility index (Phi) is 6.45. The Balaban J connectivity index is 2.41. The Morgan fingerprint density at radius 1 is 1.22 bits per heavy atom. The molecule has 1 N–H and O–H groups in total. The smallest absolute Gasteiger partial charge is 0.491 e. The number of carbonyl (C=O) groups excluding carboxylic acids is 1. The fraction of sp³-hybridized carbons (Fsp3) is 0.474. The van der Waals surface area contributed by atoms with Gasteiger partial charge in [0.25, 0.3) is 0 Å². The van der Waals surface area contributed by atoms with Gasteiger partial charge < -0.3 is 19.2 Å². The van der Waals surface area contributed by atoms with Crippen LogP contribution < -0.4 is 4.74 Å². The fourth-order valence-electron chi connectivity index (χ4n) is 2.55. The van der Waals surface area contributed by atoms with Crippen LogP contribution in [0.4, 0.5) is 0 Å². The highest BCUT2D eigenvalue weighted by Gasteiger charge is 2.52. The number of carboxylic acid groups (broad SMARTS) is 1. The summed E-state index contributed by atoms with van der Waals surface area (Å²) in [7, 11) is 0.813. The van der Waals surface area contributed by atoms with Crippen LogP contribution in [0, 0.1) is 0 Å². The Morgan fingerprint density at radius 2 is 1.81 bits per heavy atom. The summed E-state index contributed by atoms with van der Waals surface area (Å²) in [6, 6.07) is 4.90. The Labute approximate surface area is 164 Å². The highest BCUT2D eigenvalue weighted by atomic mass is 32.2. The van der Waals surface area contributed by atoms with Gasteiger partial charge in [-0.15, -0.1) is 0 Å². The largest absolute Gasteiger partial charge is 0.496 e. The van der Waals surface area contributed by atoms with E-state index in [-0.39, 0.29) is 16.4 Å². The molecule has 8 heteroatoms. The first-order valence-electron chi connectivity index (χ1n) is 8.57. The average molecular weight is 392 g/mol. The van der Waals surface area contributed by atoms with E-state index in [1.807, 2.05) is 33.8 Å². The van der Waals surface area contributed by atoms with Crippen LogP contribution in [0.1, 0.15) is 50.5 Å². The Bertz CT molecular complexity index is 755. The summed E-state index contributed by atoms with van der Waals surface area (Å²) in [5, 5.41) is 9.37. The minimum absolute atomic E-state index is 0.0154. The first-order valence-corrected chi connectivity index (χ1v) is 9.56. The van der Waals surface area contributed by atoms with Crippen LogP contribution in [0.25, 0.3) is 6.08 Å². The maximum absolute atomic E-state index is 11.5. The van der Waals surface area contributed by atoms with Crippen molar-refractivity contribution in [2.45, 2.75) is 45.8 Å². The zero-order valence-corrected chi connectivity index (χ0v) is 17.3. The molecule has 27 heavy (non-hydrogen) atoms. The highest BCUT2D eigenvalue weighted by Crippen LogP contribution is 2.39. The van der Waals surface area contributed by atoms with Gasteiger partial charge in [-0.3, -0.25) is 4.79 Å². The van der Waals surface area contributed by atoms with Crippen LogP contribution in [0.2, 0.25) is 0 Å². The zero-order chi connectivity index (χ0) is 20.4. The summed E-state index contributed by atoms with van der Waals surface area (Å²) in [4.78, 5) is 22.9. The SMILES string of the molecule is COc1ccc(C=C(CSC(C)=O)B2OC(C)(C)C(C)(C)O2)cc1C(=O)O. The molecule has 6 nitrogen and oxygen atoms in total. The third-order valence-electron chi connectivity index (χ3n) is 4.80. The van der Waals surface area contributed by atoms with E-state index < -0.39 is 24.3 Å². The summed E-state index contributed by atoms with van der Waals surface area (Å²) in [6.07, 6.45) is 1.81. The molecular weight excluding hydrogens is 367 g/mol. The molecule has 0 bridgehead atoms. The van der Waals surface area contributed by atoms with Crippen molar-refractivity contribution in [3.8, 4) is 5.75 Å². The van der Waals surface area contributed by atoms with Crippen molar-refractivity contribution in [2.24, 2.45) is 0 Å². The van der Waals surface area contributed by atoms with E-state index in [1.165, 1.54) is 20.1 Å². The van der Waals surface area contributed by atoms with Crippen molar-refractivity contribution in [2.75, 3.05) is 12.9 Å². The van der Waals surface area contributed by atoms with Crippen LogP contribution in [0.3, 0.4) is 0 Å². The molecule has 0 saturated carbocycles. The van der Waals surface area contributed by atoms with Gasteiger partial charge in [-0.1, -0.05) is 23.9 Å². The minimum atomic E-state index is -1.07. The molecule has 1 aromatic carbocycles. The minimum Gasteiger partial charge on any atom is -0.496 e. The molecule has 146 valence electrons. The molecule has 0 atom stereocenters. The molecule has 1 aliphatic heterocycles. The van der Waals surface area contributed by atoms with Crippen molar-refractivity contribution in [1.82, 2.24) is 0 Å². The van der Waals surface area contributed by atoms with Crippen LogP contribution in [-0.2, 0) is 14.1 Å². The number of methoxy groups -OCH3 is 1. The molecule has 0 amide bonds. The normalized spacial score (nSPS) is 18.4. The Hall–Kier alpha value is -1.77. The second-order valence-corrected chi connectivity index (χ2v) is 8.50. The Morgan fingerprint density at radius 3 is 2.30 bits per heavy atom. The molecule has 0 unspecified atom stereocenters. The van der Waals surface area contributed by atoms with Gasteiger partial charge in [0.2, 0.25) is 0 Å². The van der Waals surface area contributed by atoms with E-state index >= 15 is 0 Å². The van der Waals surface area contributed by atoms with Gasteiger partial charge in [0.1, 0.15) is 11.3 Å². The van der Waals surface area contributed by atoms with E-state index in [0.717, 1.165) is 17.2 Å². The van der Waals surface area contributed by atoms with Crippen molar-refractivity contribution < 1.29 is 28.7 Å². The van der Waals surface area contributed by atoms with Crippen molar-refractivity contribution in [1.29, 1.82) is 0 Å². The van der Waals surface area contributed by atoms with E-state index in [1.54, 1.807) is 12.1 Å². The summed E-state index contributed by atoms with van der Waals surface area (Å²) in [5.74, 6) is -0.395. The molecule has 1 aliphatic rings. The number of carbonyl (C=O) groups is 2. The summed E-state index contributed by atoms with van der Waals surface area (Å²) in [6.45, 7) is 9.33. The van der Waals surface area contributed by atoms with E-state index in [9.17, 15) is 14.7 Å². The van der Waals surface area contributed by atoms with Crippen LogP contribution >= 0.6 is 11.8 Å². The number of thioether (sulfide) groups is 1. The number of hydrogen-bond acceptors (Lipinski definition) is 6. The maximum Gasteiger partial charge on any atom is 0.491 e. The van der Waals surface area contributed by atoms with Gasteiger partial charge in [0.05, 0.1) is 18.3 Å².